The number of hydrogen-bond acceptors (Lipinski definition) is 4. The Labute approximate surface area is 125 Å². The van der Waals surface area contributed by atoms with Crippen molar-refractivity contribution in [3.05, 3.63) is 0 Å². The predicted octanol–water partition coefficient (Wildman–Crippen LogP) is 1.34. The molecule has 0 radical (unpaired) electrons. The summed E-state index contributed by atoms with van der Waals surface area (Å²) in [4.78, 5) is 26.5. The first-order valence-electron chi connectivity index (χ1n) is 7.75. The quantitative estimate of drug-likeness (QED) is 0.822. The molecule has 7 heteroatoms. The van der Waals surface area contributed by atoms with Gasteiger partial charge in [-0.25, -0.2) is 9.59 Å². The number of carbonyl (C=O) groups is 2. The Hall–Kier alpha value is -1.50. The summed E-state index contributed by atoms with van der Waals surface area (Å²) in [6, 6.07) is 0.583. The van der Waals surface area contributed by atoms with Gasteiger partial charge in [-0.2, -0.15) is 0 Å². The topological polar surface area (TPSA) is 82.1 Å². The standard InChI is InChI=1S/C14H25N3O4/c1-2-21-14(20)17-9-5-12(6-10-17)16-7-3-11(4-8-16)15-13(18)19/h11-12,15H,2-10H2,1H3,(H,18,19). The Morgan fingerprint density at radius 1 is 1.14 bits per heavy atom. The summed E-state index contributed by atoms with van der Waals surface area (Å²) < 4.78 is 5.02. The van der Waals surface area contributed by atoms with Crippen LogP contribution in [-0.4, -0.2) is 72.0 Å². The Bertz CT molecular complexity index is 361. The van der Waals surface area contributed by atoms with Crippen molar-refractivity contribution in [2.24, 2.45) is 0 Å². The van der Waals surface area contributed by atoms with Gasteiger partial charge in [0.1, 0.15) is 0 Å². The zero-order valence-electron chi connectivity index (χ0n) is 12.6. The molecule has 0 spiro atoms. The largest absolute Gasteiger partial charge is 0.465 e. The fraction of sp³-hybridized carbons (Fsp3) is 0.857. The molecule has 0 aromatic heterocycles. The van der Waals surface area contributed by atoms with Crippen molar-refractivity contribution in [3.63, 3.8) is 0 Å². The molecule has 2 aliphatic rings. The molecule has 2 aliphatic heterocycles. The van der Waals surface area contributed by atoms with Crippen LogP contribution in [0.4, 0.5) is 9.59 Å². The molecule has 0 aliphatic carbocycles. The third-order valence-electron chi connectivity index (χ3n) is 4.36. The van der Waals surface area contributed by atoms with Crippen LogP contribution in [-0.2, 0) is 4.74 Å². The Balaban J connectivity index is 1.71. The summed E-state index contributed by atoms with van der Waals surface area (Å²) >= 11 is 0. The number of hydrogen-bond donors (Lipinski definition) is 2. The average molecular weight is 299 g/mol. The minimum absolute atomic E-state index is 0.0818. The normalized spacial score (nSPS) is 22.0. The van der Waals surface area contributed by atoms with Crippen LogP contribution in [0, 0.1) is 0 Å². The SMILES string of the molecule is CCOC(=O)N1CCC(N2CCC(NC(=O)O)CC2)CC1. The van der Waals surface area contributed by atoms with E-state index in [1.807, 2.05) is 6.92 Å². The number of carbonyl (C=O) groups excluding carboxylic acids is 1. The van der Waals surface area contributed by atoms with Crippen molar-refractivity contribution in [1.29, 1.82) is 0 Å². The van der Waals surface area contributed by atoms with E-state index in [2.05, 4.69) is 10.2 Å². The molecule has 0 atom stereocenters. The van der Waals surface area contributed by atoms with Gasteiger partial charge in [0.05, 0.1) is 6.61 Å². The van der Waals surface area contributed by atoms with Gasteiger partial charge < -0.3 is 25.0 Å². The summed E-state index contributed by atoms with van der Waals surface area (Å²) in [6.45, 7) is 5.58. The minimum atomic E-state index is -0.934. The van der Waals surface area contributed by atoms with Crippen LogP contribution in [0.1, 0.15) is 32.6 Å². The Morgan fingerprint density at radius 2 is 1.76 bits per heavy atom. The molecular formula is C14H25N3O4. The van der Waals surface area contributed by atoms with Gasteiger partial charge in [-0.3, -0.25) is 0 Å². The molecule has 0 unspecified atom stereocenters. The molecule has 0 saturated carbocycles. The fourth-order valence-corrected chi connectivity index (χ4v) is 3.21. The van der Waals surface area contributed by atoms with Crippen molar-refractivity contribution >= 4 is 12.2 Å². The maximum Gasteiger partial charge on any atom is 0.409 e. The molecule has 120 valence electrons. The van der Waals surface area contributed by atoms with Gasteiger partial charge in [-0.15, -0.1) is 0 Å². The molecule has 21 heavy (non-hydrogen) atoms. The number of amides is 2. The van der Waals surface area contributed by atoms with E-state index in [0.717, 1.165) is 51.9 Å². The number of piperidine rings is 2. The third kappa shape index (κ3) is 4.49. The van der Waals surface area contributed by atoms with Gasteiger partial charge in [-0.05, 0) is 32.6 Å². The molecule has 2 amide bonds. The van der Waals surface area contributed by atoms with Gasteiger partial charge in [0, 0.05) is 38.3 Å². The lowest BCUT2D eigenvalue weighted by molar-refractivity contribution is 0.0647. The van der Waals surface area contributed by atoms with Gasteiger partial charge in [-0.1, -0.05) is 0 Å². The Morgan fingerprint density at radius 3 is 2.29 bits per heavy atom. The second-order valence-corrected chi connectivity index (χ2v) is 5.68. The first kappa shape index (κ1) is 15.9. The zero-order valence-corrected chi connectivity index (χ0v) is 12.6. The van der Waals surface area contributed by atoms with Gasteiger partial charge in [0.15, 0.2) is 0 Å². The Kier molecular flexibility index (Phi) is 5.67. The minimum Gasteiger partial charge on any atom is -0.465 e. The molecule has 7 nitrogen and oxygen atoms in total. The second kappa shape index (κ2) is 7.49. The summed E-state index contributed by atoms with van der Waals surface area (Å²) in [5.41, 5.74) is 0. The molecule has 2 N–H and O–H groups in total. The summed E-state index contributed by atoms with van der Waals surface area (Å²) in [5.74, 6) is 0. The first-order valence-corrected chi connectivity index (χ1v) is 7.75. The van der Waals surface area contributed by atoms with Crippen LogP contribution in [0.3, 0.4) is 0 Å². The van der Waals surface area contributed by atoms with Crippen LogP contribution in [0.5, 0.6) is 0 Å². The fourth-order valence-electron chi connectivity index (χ4n) is 3.21. The highest BCUT2D eigenvalue weighted by Gasteiger charge is 2.30. The van der Waals surface area contributed by atoms with Crippen molar-refractivity contribution < 1.29 is 19.4 Å². The first-order chi connectivity index (χ1) is 10.1. The van der Waals surface area contributed by atoms with E-state index in [1.54, 1.807) is 4.90 Å². The van der Waals surface area contributed by atoms with Crippen LogP contribution in [0.2, 0.25) is 0 Å². The van der Waals surface area contributed by atoms with E-state index in [4.69, 9.17) is 9.84 Å². The number of nitrogens with zero attached hydrogens (tertiary/aromatic N) is 2. The maximum atomic E-state index is 11.7. The van der Waals surface area contributed by atoms with Gasteiger partial charge >= 0.3 is 12.2 Å². The van der Waals surface area contributed by atoms with Crippen molar-refractivity contribution in [2.75, 3.05) is 32.8 Å². The van der Waals surface area contributed by atoms with Crippen LogP contribution in [0.25, 0.3) is 0 Å². The van der Waals surface area contributed by atoms with Crippen LogP contribution >= 0.6 is 0 Å². The molecule has 2 heterocycles. The summed E-state index contributed by atoms with van der Waals surface area (Å²) in [7, 11) is 0. The number of carboxylic acid groups (broad SMARTS) is 1. The highest BCUT2D eigenvalue weighted by molar-refractivity contribution is 5.67. The van der Waals surface area contributed by atoms with Crippen molar-refractivity contribution in [3.8, 4) is 0 Å². The van der Waals surface area contributed by atoms with Crippen LogP contribution < -0.4 is 5.32 Å². The van der Waals surface area contributed by atoms with E-state index < -0.39 is 6.09 Å². The van der Waals surface area contributed by atoms with E-state index in [-0.39, 0.29) is 12.1 Å². The highest BCUT2D eigenvalue weighted by atomic mass is 16.6. The van der Waals surface area contributed by atoms with Crippen LogP contribution in [0.15, 0.2) is 0 Å². The van der Waals surface area contributed by atoms with Gasteiger partial charge in [0.25, 0.3) is 0 Å². The zero-order chi connectivity index (χ0) is 15.2. The number of rotatable bonds is 3. The molecule has 0 aromatic carbocycles. The molecule has 2 rings (SSSR count). The average Bonchev–Trinajstić information content (AvgIpc) is 2.48. The lowest BCUT2D eigenvalue weighted by Gasteiger charge is -2.41. The second-order valence-electron chi connectivity index (χ2n) is 5.68. The van der Waals surface area contributed by atoms with E-state index in [9.17, 15) is 9.59 Å². The highest BCUT2D eigenvalue weighted by Crippen LogP contribution is 2.21. The molecule has 2 saturated heterocycles. The lowest BCUT2D eigenvalue weighted by Crippen LogP contribution is -2.51. The smallest absolute Gasteiger partial charge is 0.409 e. The molecular weight excluding hydrogens is 274 g/mol. The number of ether oxygens (including phenoxy) is 1. The number of nitrogens with one attached hydrogen (secondary N) is 1. The van der Waals surface area contributed by atoms with Crippen molar-refractivity contribution in [2.45, 2.75) is 44.7 Å². The monoisotopic (exact) mass is 299 g/mol. The summed E-state index contributed by atoms with van der Waals surface area (Å²) in [5, 5.41) is 11.3. The lowest BCUT2D eigenvalue weighted by atomic mass is 9.98. The predicted molar refractivity (Wildman–Crippen MR) is 77.4 cm³/mol. The van der Waals surface area contributed by atoms with E-state index in [0.29, 0.717) is 12.6 Å². The third-order valence-corrected chi connectivity index (χ3v) is 4.36. The maximum absolute atomic E-state index is 11.7. The molecule has 0 aromatic rings. The van der Waals surface area contributed by atoms with E-state index >= 15 is 0 Å². The van der Waals surface area contributed by atoms with Gasteiger partial charge in [0.2, 0.25) is 0 Å². The molecule has 2 fully saturated rings. The number of likely N-dealkylation sites (tertiary alicyclic amines) is 2. The molecule has 0 bridgehead atoms. The van der Waals surface area contributed by atoms with Crippen molar-refractivity contribution in [1.82, 2.24) is 15.1 Å². The van der Waals surface area contributed by atoms with E-state index in [1.165, 1.54) is 0 Å². The summed E-state index contributed by atoms with van der Waals surface area (Å²) in [6.07, 6.45) is 2.53.